The Morgan fingerprint density at radius 2 is 1.63 bits per heavy atom. The molecule has 2 fully saturated rings. The Morgan fingerprint density at radius 3 is 2.29 bits per heavy atom. The zero-order valence-electron chi connectivity index (χ0n) is 23.7. The Labute approximate surface area is 233 Å². The van der Waals surface area contributed by atoms with E-state index in [9.17, 15) is 4.79 Å². The first-order valence-corrected chi connectivity index (χ1v) is 14.6. The Kier molecular flexibility index (Phi) is 9.85. The summed E-state index contributed by atoms with van der Waals surface area (Å²) < 4.78 is 11.2. The third kappa shape index (κ3) is 8.04. The Morgan fingerprint density at radius 1 is 0.947 bits per heavy atom. The van der Waals surface area contributed by atoms with Crippen molar-refractivity contribution < 1.29 is 14.3 Å². The fourth-order valence-corrected chi connectivity index (χ4v) is 6.18. The number of carbonyl (C=O) groups excluding carboxylic acids is 1. The van der Waals surface area contributed by atoms with Crippen molar-refractivity contribution in [1.82, 2.24) is 14.7 Å². The van der Waals surface area contributed by atoms with Gasteiger partial charge in [0, 0.05) is 80.3 Å². The summed E-state index contributed by atoms with van der Waals surface area (Å²) in [6.07, 6.45) is -0.196. The van der Waals surface area contributed by atoms with Crippen molar-refractivity contribution in [2.75, 3.05) is 71.0 Å². The van der Waals surface area contributed by atoms with Crippen LogP contribution in [0.25, 0.3) is 0 Å². The van der Waals surface area contributed by atoms with Gasteiger partial charge in [0.15, 0.2) is 0 Å². The predicted octanol–water partition coefficient (Wildman–Crippen LogP) is 5.05. The zero-order valence-corrected chi connectivity index (χ0v) is 24.5. The average Bonchev–Trinajstić information content (AvgIpc) is 2.90. The highest BCUT2D eigenvalue weighted by molar-refractivity contribution is 8.00. The number of thioether (sulfide) groups is 1. The molecule has 0 saturated carbocycles. The van der Waals surface area contributed by atoms with E-state index in [1.54, 1.807) is 7.11 Å². The Bertz CT molecular complexity index is 1030. The van der Waals surface area contributed by atoms with Gasteiger partial charge in [-0.05, 0) is 42.8 Å². The third-order valence-corrected chi connectivity index (χ3v) is 8.40. The lowest BCUT2D eigenvalue weighted by molar-refractivity contribution is 0.0701. The van der Waals surface area contributed by atoms with E-state index in [0.717, 1.165) is 57.3 Å². The zero-order chi connectivity index (χ0) is 27.1. The van der Waals surface area contributed by atoms with Gasteiger partial charge in [-0.3, -0.25) is 9.80 Å². The number of carbonyl (C=O) groups is 1. The molecule has 2 heterocycles. The van der Waals surface area contributed by atoms with E-state index in [1.165, 1.54) is 10.5 Å². The minimum absolute atomic E-state index is 0.196. The fourth-order valence-electron chi connectivity index (χ4n) is 5.11. The van der Waals surface area contributed by atoms with Crippen LogP contribution in [0.1, 0.15) is 33.3 Å². The second-order valence-electron chi connectivity index (χ2n) is 11.2. The van der Waals surface area contributed by atoms with Crippen LogP contribution in [0.3, 0.4) is 0 Å². The molecule has 0 bridgehead atoms. The van der Waals surface area contributed by atoms with Crippen molar-refractivity contribution in [2.24, 2.45) is 0 Å². The van der Waals surface area contributed by atoms with Gasteiger partial charge >= 0.3 is 6.09 Å². The van der Waals surface area contributed by atoms with Gasteiger partial charge in [-0.25, -0.2) is 4.79 Å². The van der Waals surface area contributed by atoms with Gasteiger partial charge in [0.1, 0.15) is 12.4 Å². The van der Waals surface area contributed by atoms with E-state index in [-0.39, 0.29) is 16.9 Å². The number of anilines is 1. The number of ether oxygens (including phenoxy) is 2. The normalized spacial score (nSPS) is 19.4. The van der Waals surface area contributed by atoms with E-state index < -0.39 is 0 Å². The number of hydrogen-bond donors (Lipinski definition) is 0. The molecule has 0 spiro atoms. The van der Waals surface area contributed by atoms with Crippen molar-refractivity contribution in [3.63, 3.8) is 0 Å². The summed E-state index contributed by atoms with van der Waals surface area (Å²) in [6, 6.07) is 17.1. The number of rotatable bonds is 8. The molecule has 2 aromatic rings. The number of piperazine rings is 2. The molecule has 1 unspecified atom stereocenters. The quantitative estimate of drug-likeness (QED) is 0.434. The summed E-state index contributed by atoms with van der Waals surface area (Å²) in [4.78, 5) is 23.2. The minimum Gasteiger partial charge on any atom is -0.497 e. The lowest BCUT2D eigenvalue weighted by Gasteiger charge is -2.41. The molecule has 2 saturated heterocycles. The van der Waals surface area contributed by atoms with Crippen LogP contribution >= 0.6 is 11.8 Å². The van der Waals surface area contributed by atoms with Gasteiger partial charge in [-0.2, -0.15) is 0 Å². The maximum absolute atomic E-state index is 12.7. The molecule has 1 atom stereocenters. The smallest absolute Gasteiger partial charge is 0.409 e. The summed E-state index contributed by atoms with van der Waals surface area (Å²) in [5.41, 5.74) is 2.57. The lowest BCUT2D eigenvalue weighted by Crippen LogP contribution is -2.54. The SMILES string of the molecule is COc1ccc(N2CCN(C(=O)OCCN3CCN(Cc4ccccc4SC(C)(C)C)CC3)CC2C)cc1. The Hall–Kier alpha value is -2.42. The molecule has 7 nitrogen and oxygen atoms in total. The number of methoxy groups -OCH3 is 1. The molecule has 208 valence electrons. The summed E-state index contributed by atoms with van der Waals surface area (Å²) in [5, 5.41) is 0. The average molecular weight is 541 g/mol. The van der Waals surface area contributed by atoms with Crippen LogP contribution in [-0.2, 0) is 11.3 Å². The number of hydrogen-bond acceptors (Lipinski definition) is 7. The number of amides is 1. The fraction of sp³-hybridized carbons (Fsp3) is 0.567. The summed E-state index contributed by atoms with van der Waals surface area (Å²) >= 11 is 1.95. The van der Waals surface area contributed by atoms with Gasteiger partial charge in [-0.1, -0.05) is 39.0 Å². The molecule has 0 aromatic heterocycles. The second kappa shape index (κ2) is 13.1. The van der Waals surface area contributed by atoms with Gasteiger partial charge in [0.2, 0.25) is 0 Å². The molecule has 1 amide bonds. The molecule has 2 aromatic carbocycles. The summed E-state index contributed by atoms with van der Waals surface area (Å²) in [7, 11) is 1.68. The molecule has 2 aliphatic heterocycles. The van der Waals surface area contributed by atoms with Gasteiger partial charge in [0.05, 0.1) is 7.11 Å². The van der Waals surface area contributed by atoms with Gasteiger partial charge in [-0.15, -0.1) is 11.8 Å². The van der Waals surface area contributed by atoms with Crippen LogP contribution in [0, 0.1) is 0 Å². The largest absolute Gasteiger partial charge is 0.497 e. The van der Waals surface area contributed by atoms with Crippen LogP contribution in [-0.4, -0.2) is 97.7 Å². The summed E-state index contributed by atoms with van der Waals surface area (Å²) in [6.45, 7) is 17.4. The summed E-state index contributed by atoms with van der Waals surface area (Å²) in [5.74, 6) is 0.852. The molecular formula is C30H44N4O3S. The molecule has 4 rings (SSSR count). The van der Waals surface area contributed by atoms with E-state index in [4.69, 9.17) is 9.47 Å². The van der Waals surface area contributed by atoms with Crippen molar-refractivity contribution in [2.45, 2.75) is 49.9 Å². The third-order valence-electron chi connectivity index (χ3n) is 7.17. The van der Waals surface area contributed by atoms with Crippen LogP contribution in [0.15, 0.2) is 53.4 Å². The van der Waals surface area contributed by atoms with Crippen molar-refractivity contribution in [3.05, 3.63) is 54.1 Å². The van der Waals surface area contributed by atoms with Crippen molar-refractivity contribution in [1.29, 1.82) is 0 Å². The monoisotopic (exact) mass is 540 g/mol. The molecule has 8 heteroatoms. The number of nitrogens with zero attached hydrogens (tertiary/aromatic N) is 4. The maximum Gasteiger partial charge on any atom is 0.409 e. The first-order valence-electron chi connectivity index (χ1n) is 13.8. The molecule has 0 aliphatic carbocycles. The van der Waals surface area contributed by atoms with Crippen LogP contribution in [0.2, 0.25) is 0 Å². The first-order chi connectivity index (χ1) is 18.2. The maximum atomic E-state index is 12.7. The highest BCUT2D eigenvalue weighted by atomic mass is 32.2. The van der Waals surface area contributed by atoms with Gasteiger partial charge in [0.25, 0.3) is 0 Å². The molecular weight excluding hydrogens is 496 g/mol. The standard InChI is InChI=1S/C30H44N4O3S/c1-24-22-33(18-19-34(24)26-10-12-27(36-5)13-11-26)29(35)37-21-20-31-14-16-32(17-15-31)23-25-8-6-7-9-28(25)38-30(2,3)4/h6-13,24H,14-23H2,1-5H3. The molecule has 38 heavy (non-hydrogen) atoms. The van der Waals surface area contributed by atoms with E-state index >= 15 is 0 Å². The predicted molar refractivity (Wildman–Crippen MR) is 156 cm³/mol. The molecule has 0 radical (unpaired) electrons. The highest BCUT2D eigenvalue weighted by Gasteiger charge is 2.28. The van der Waals surface area contributed by atoms with Gasteiger partial charge < -0.3 is 19.3 Å². The van der Waals surface area contributed by atoms with Crippen molar-refractivity contribution >= 4 is 23.5 Å². The van der Waals surface area contributed by atoms with Crippen LogP contribution in [0.4, 0.5) is 10.5 Å². The molecule has 2 aliphatic rings. The van der Waals surface area contributed by atoms with E-state index in [0.29, 0.717) is 19.7 Å². The highest BCUT2D eigenvalue weighted by Crippen LogP contribution is 2.34. The Balaban J connectivity index is 1.16. The van der Waals surface area contributed by atoms with Crippen LogP contribution in [0.5, 0.6) is 5.75 Å². The van der Waals surface area contributed by atoms with Crippen molar-refractivity contribution in [3.8, 4) is 5.75 Å². The minimum atomic E-state index is -0.196. The molecule has 0 N–H and O–H groups in total. The van der Waals surface area contributed by atoms with Crippen LogP contribution < -0.4 is 9.64 Å². The lowest BCUT2D eigenvalue weighted by atomic mass is 10.1. The van der Waals surface area contributed by atoms with E-state index in [2.05, 4.69) is 78.8 Å². The second-order valence-corrected chi connectivity index (χ2v) is 13.1. The number of benzene rings is 2. The topological polar surface area (TPSA) is 48.5 Å². The van der Waals surface area contributed by atoms with E-state index in [1.807, 2.05) is 28.8 Å². The first kappa shape index (κ1) is 28.6.